The van der Waals surface area contributed by atoms with Gasteiger partial charge in [0.2, 0.25) is 0 Å². The lowest BCUT2D eigenvalue weighted by Gasteiger charge is -2.28. The minimum absolute atomic E-state index is 0.252. The molecule has 4 aromatic rings. The van der Waals surface area contributed by atoms with E-state index in [1.807, 2.05) is 0 Å². The fraction of sp³-hybridized carbons (Fsp3) is 0.235. The van der Waals surface area contributed by atoms with Gasteiger partial charge in [0, 0.05) is 23.6 Å². The molecule has 1 fully saturated rings. The quantitative estimate of drug-likeness (QED) is 0.267. The molecule has 0 amide bonds. The van der Waals surface area contributed by atoms with Crippen molar-refractivity contribution >= 4 is 49.5 Å². The summed E-state index contributed by atoms with van der Waals surface area (Å²) in [5.74, 6) is 0. The third-order valence-electron chi connectivity index (χ3n) is 7.64. The molecular formula is C34H34N2P2. The normalized spacial score (nSPS) is 23.5. The third kappa shape index (κ3) is 5.73. The van der Waals surface area contributed by atoms with Gasteiger partial charge in [-0.05, 0) is 62.2 Å². The smallest absolute Gasteiger partial charge is 0.0723 e. The first kappa shape index (κ1) is 25.4. The molecule has 0 bridgehead atoms. The summed E-state index contributed by atoms with van der Waals surface area (Å²) in [7, 11) is -1.05. The molecule has 4 heteroatoms. The van der Waals surface area contributed by atoms with Gasteiger partial charge in [-0.15, -0.1) is 0 Å². The highest BCUT2D eigenvalue weighted by atomic mass is 31.1. The molecular weight excluding hydrogens is 498 g/mol. The second-order valence-electron chi connectivity index (χ2n) is 10.1. The molecule has 1 saturated carbocycles. The Balaban J connectivity index is 1.51. The lowest BCUT2D eigenvalue weighted by Crippen LogP contribution is -2.28. The van der Waals surface area contributed by atoms with Crippen LogP contribution in [0.4, 0.5) is 0 Å². The molecule has 6 rings (SSSR count). The predicted octanol–water partition coefficient (Wildman–Crippen LogP) is 6.41. The number of rotatable bonds is 2. The summed E-state index contributed by atoms with van der Waals surface area (Å²) in [5.41, 5.74) is 2.55. The fourth-order valence-electron chi connectivity index (χ4n) is 5.67. The Bertz CT molecular complexity index is 1290. The van der Waals surface area contributed by atoms with E-state index in [0.717, 1.165) is 25.2 Å². The maximum Gasteiger partial charge on any atom is 0.0723 e. The molecule has 2 aliphatic rings. The monoisotopic (exact) mass is 532 g/mol. The molecule has 0 N–H and O–H groups in total. The molecule has 0 saturated heterocycles. The largest absolute Gasteiger partial charge is 0.287 e. The number of nitrogens with zero attached hydrogens (tertiary/aromatic N) is 2. The maximum atomic E-state index is 5.20. The first-order valence-electron chi connectivity index (χ1n) is 13.8. The molecule has 4 aromatic carbocycles. The van der Waals surface area contributed by atoms with Crippen molar-refractivity contribution in [1.82, 2.24) is 0 Å². The van der Waals surface area contributed by atoms with Crippen LogP contribution in [0.15, 0.2) is 119 Å². The van der Waals surface area contributed by atoms with E-state index in [1.165, 1.54) is 45.2 Å². The van der Waals surface area contributed by atoms with Crippen LogP contribution in [0.5, 0.6) is 0 Å². The van der Waals surface area contributed by atoms with E-state index in [9.17, 15) is 0 Å². The molecule has 1 heterocycles. The second kappa shape index (κ2) is 12.3. The van der Waals surface area contributed by atoms with Crippen molar-refractivity contribution in [2.24, 2.45) is 9.98 Å². The average molecular weight is 533 g/mol. The van der Waals surface area contributed by atoms with Gasteiger partial charge in [0.15, 0.2) is 0 Å². The first-order valence-corrected chi connectivity index (χ1v) is 16.8. The molecule has 0 spiro atoms. The summed E-state index contributed by atoms with van der Waals surface area (Å²) >= 11 is 0. The van der Waals surface area contributed by atoms with Crippen LogP contribution in [-0.4, -0.2) is 36.8 Å². The van der Waals surface area contributed by atoms with Crippen LogP contribution >= 0.6 is 15.8 Å². The lowest BCUT2D eigenvalue weighted by molar-refractivity contribution is 0.390. The van der Waals surface area contributed by atoms with Crippen molar-refractivity contribution in [1.29, 1.82) is 0 Å². The van der Waals surface area contributed by atoms with Gasteiger partial charge < -0.3 is 0 Å². The zero-order valence-electron chi connectivity index (χ0n) is 21.7. The van der Waals surface area contributed by atoms with Crippen molar-refractivity contribution in [3.05, 3.63) is 120 Å². The van der Waals surface area contributed by atoms with Gasteiger partial charge in [0.05, 0.1) is 12.1 Å². The Labute approximate surface area is 229 Å². The Kier molecular flexibility index (Phi) is 8.20. The second-order valence-corrected chi connectivity index (χ2v) is 14.7. The topological polar surface area (TPSA) is 24.7 Å². The van der Waals surface area contributed by atoms with Crippen LogP contribution in [0.25, 0.3) is 0 Å². The molecule has 38 heavy (non-hydrogen) atoms. The van der Waals surface area contributed by atoms with E-state index in [0.29, 0.717) is 0 Å². The van der Waals surface area contributed by atoms with E-state index < -0.39 is 15.8 Å². The Hall–Kier alpha value is -2.92. The van der Waals surface area contributed by atoms with Gasteiger partial charge in [0.1, 0.15) is 0 Å². The molecule has 0 aromatic heterocycles. The number of aliphatic imine (C=N–C) groups is 2. The number of hydrogen-bond donors (Lipinski definition) is 0. The van der Waals surface area contributed by atoms with E-state index in [-0.39, 0.29) is 12.1 Å². The summed E-state index contributed by atoms with van der Waals surface area (Å²) in [6, 6.07) is 40.8. The highest BCUT2D eigenvalue weighted by Crippen LogP contribution is 2.42. The minimum Gasteiger partial charge on any atom is -0.287 e. The molecule has 0 unspecified atom stereocenters. The van der Waals surface area contributed by atoms with Crippen LogP contribution < -0.4 is 21.2 Å². The van der Waals surface area contributed by atoms with Gasteiger partial charge in [-0.25, -0.2) is 0 Å². The van der Waals surface area contributed by atoms with Crippen LogP contribution in [0.3, 0.4) is 0 Å². The van der Waals surface area contributed by atoms with E-state index in [4.69, 9.17) is 9.98 Å². The first-order chi connectivity index (χ1) is 18.9. The summed E-state index contributed by atoms with van der Waals surface area (Å²) in [6.07, 6.45) is 11.3. The molecule has 0 radical (unpaired) electrons. The van der Waals surface area contributed by atoms with E-state index in [2.05, 4.69) is 122 Å². The van der Waals surface area contributed by atoms with Crippen molar-refractivity contribution in [2.45, 2.75) is 37.8 Å². The van der Waals surface area contributed by atoms with E-state index >= 15 is 0 Å². The maximum absolute atomic E-state index is 5.20. The zero-order chi connectivity index (χ0) is 25.6. The average Bonchev–Trinajstić information content (AvgIpc) is 2.99. The number of fused-ring (bicyclic) bond motifs is 3. The third-order valence-corrected chi connectivity index (χ3v) is 13.2. The standard InChI is InChI=1S/C34H34N2P2/c1-3-15-29(16-4-1)37-23-24-38(30-17-5-2-6-18-30)34-22-12-8-14-28(34)26-36-32-20-10-9-19-31(32)35-25-27-13-7-11-21-33(27)37/h1-8,11-18,21-22,25-26,31-32H,9-10,19-20,23-24H2/t31-,32-,37-,38+/m0/s1. The Morgan fingerprint density at radius 1 is 0.474 bits per heavy atom. The Morgan fingerprint density at radius 2 is 0.868 bits per heavy atom. The van der Waals surface area contributed by atoms with Gasteiger partial charge >= 0.3 is 0 Å². The molecule has 1 aliphatic carbocycles. The lowest BCUT2D eigenvalue weighted by atomic mass is 9.91. The fourth-order valence-corrected chi connectivity index (χ4v) is 11.3. The van der Waals surface area contributed by atoms with Crippen molar-refractivity contribution in [3.63, 3.8) is 0 Å². The SMILES string of the molecule is C1=N[C@H]2CCCC[C@@H]2N=Cc2ccccc2[P@](c2ccccc2)CC[P@](c2ccccc2)c2ccccc21. The number of benzene rings is 4. The van der Waals surface area contributed by atoms with Crippen LogP contribution in [0, 0.1) is 0 Å². The summed E-state index contributed by atoms with van der Waals surface area (Å²) in [4.78, 5) is 10.4. The van der Waals surface area contributed by atoms with Crippen molar-refractivity contribution in [3.8, 4) is 0 Å². The minimum atomic E-state index is -0.525. The Morgan fingerprint density at radius 3 is 1.32 bits per heavy atom. The summed E-state index contributed by atoms with van der Waals surface area (Å²) in [6.45, 7) is 0. The summed E-state index contributed by atoms with van der Waals surface area (Å²) in [5, 5.41) is 5.79. The van der Waals surface area contributed by atoms with Crippen LogP contribution in [0.1, 0.15) is 36.8 Å². The van der Waals surface area contributed by atoms with Gasteiger partial charge in [-0.1, -0.05) is 122 Å². The van der Waals surface area contributed by atoms with E-state index in [1.54, 1.807) is 0 Å². The highest BCUT2D eigenvalue weighted by molar-refractivity contribution is 7.76. The highest BCUT2D eigenvalue weighted by Gasteiger charge is 2.26. The molecule has 2 nitrogen and oxygen atoms in total. The van der Waals surface area contributed by atoms with Crippen molar-refractivity contribution < 1.29 is 0 Å². The van der Waals surface area contributed by atoms with Crippen LogP contribution in [-0.2, 0) is 0 Å². The van der Waals surface area contributed by atoms with Gasteiger partial charge in [0.25, 0.3) is 0 Å². The summed E-state index contributed by atoms with van der Waals surface area (Å²) < 4.78 is 0. The zero-order valence-corrected chi connectivity index (χ0v) is 23.5. The number of hydrogen-bond acceptors (Lipinski definition) is 2. The van der Waals surface area contributed by atoms with Gasteiger partial charge in [-0.2, -0.15) is 0 Å². The molecule has 4 atom stereocenters. The molecule has 1 aliphatic heterocycles. The predicted molar refractivity (Wildman–Crippen MR) is 169 cm³/mol. The molecule has 190 valence electrons. The van der Waals surface area contributed by atoms with Crippen LogP contribution in [0.2, 0.25) is 0 Å². The van der Waals surface area contributed by atoms with Gasteiger partial charge in [-0.3, -0.25) is 9.98 Å². The van der Waals surface area contributed by atoms with Crippen molar-refractivity contribution in [2.75, 3.05) is 12.3 Å².